The Morgan fingerprint density at radius 3 is 2.38 bits per heavy atom. The summed E-state index contributed by atoms with van der Waals surface area (Å²) in [6, 6.07) is 2.19. The number of nitrogens with zero attached hydrogens (tertiary/aromatic N) is 2. The van der Waals surface area contributed by atoms with Crippen LogP contribution in [0.3, 0.4) is 0 Å². The van der Waals surface area contributed by atoms with Gasteiger partial charge in [-0.15, -0.1) is 0 Å². The summed E-state index contributed by atoms with van der Waals surface area (Å²) < 4.78 is 39.0. The van der Waals surface area contributed by atoms with Gasteiger partial charge in [-0.1, -0.05) is 20.3 Å². The summed E-state index contributed by atoms with van der Waals surface area (Å²) in [5.41, 5.74) is -0.661. The summed E-state index contributed by atoms with van der Waals surface area (Å²) in [5.74, 6) is 1.05. The zero-order valence-electron chi connectivity index (χ0n) is 13.1. The molecule has 0 saturated heterocycles. The van der Waals surface area contributed by atoms with Gasteiger partial charge in [0.25, 0.3) is 0 Å². The topological polar surface area (TPSA) is 28.2 Å². The van der Waals surface area contributed by atoms with Gasteiger partial charge in [-0.25, -0.2) is 4.98 Å². The molecule has 1 aromatic heterocycles. The molecule has 120 valence electrons. The first kappa shape index (κ1) is 17.6. The number of pyridine rings is 1. The minimum atomic E-state index is -4.36. The van der Waals surface area contributed by atoms with Crippen LogP contribution in [-0.2, 0) is 6.18 Å². The molecule has 21 heavy (non-hydrogen) atoms. The van der Waals surface area contributed by atoms with E-state index in [1.165, 1.54) is 0 Å². The fourth-order valence-electron chi connectivity index (χ4n) is 2.00. The Morgan fingerprint density at radius 2 is 1.90 bits per heavy atom. The van der Waals surface area contributed by atoms with Gasteiger partial charge in [0, 0.05) is 19.6 Å². The van der Waals surface area contributed by atoms with E-state index in [4.69, 9.17) is 0 Å². The fourth-order valence-corrected chi connectivity index (χ4v) is 2.00. The Kier molecular flexibility index (Phi) is 6.30. The van der Waals surface area contributed by atoms with Crippen molar-refractivity contribution >= 4 is 11.6 Å². The van der Waals surface area contributed by atoms with Crippen LogP contribution < -0.4 is 10.2 Å². The van der Waals surface area contributed by atoms with Crippen LogP contribution in [0.5, 0.6) is 0 Å². The molecule has 0 aliphatic rings. The molecule has 0 aliphatic heterocycles. The Hall–Kier alpha value is -1.46. The maximum Gasteiger partial charge on any atom is 0.416 e. The van der Waals surface area contributed by atoms with Crippen molar-refractivity contribution in [3.05, 3.63) is 17.7 Å². The number of hydrogen-bond donors (Lipinski definition) is 1. The molecule has 1 atom stereocenters. The molecule has 0 aromatic carbocycles. The number of anilines is 2. The second kappa shape index (κ2) is 7.52. The maximum atomic E-state index is 13.0. The Bertz CT molecular complexity index is 446. The molecule has 0 saturated carbocycles. The third kappa shape index (κ3) is 5.10. The monoisotopic (exact) mass is 303 g/mol. The average Bonchev–Trinajstić information content (AvgIpc) is 2.43. The van der Waals surface area contributed by atoms with Crippen molar-refractivity contribution in [2.24, 2.45) is 5.92 Å². The van der Waals surface area contributed by atoms with E-state index in [9.17, 15) is 13.2 Å². The molecule has 1 N–H and O–H groups in total. The molecule has 6 heteroatoms. The highest BCUT2D eigenvalue weighted by Gasteiger charge is 2.32. The molecule has 0 aliphatic carbocycles. The van der Waals surface area contributed by atoms with Crippen LogP contribution in [0.15, 0.2) is 12.1 Å². The van der Waals surface area contributed by atoms with Crippen molar-refractivity contribution in [2.75, 3.05) is 29.9 Å². The van der Waals surface area contributed by atoms with E-state index in [2.05, 4.69) is 24.1 Å². The lowest BCUT2D eigenvalue weighted by molar-refractivity contribution is -0.137. The van der Waals surface area contributed by atoms with Crippen LogP contribution in [-0.4, -0.2) is 24.6 Å². The Morgan fingerprint density at radius 1 is 1.24 bits per heavy atom. The van der Waals surface area contributed by atoms with E-state index in [0.717, 1.165) is 18.6 Å². The smallest absolute Gasteiger partial charge is 0.370 e. The van der Waals surface area contributed by atoms with Crippen molar-refractivity contribution in [3.63, 3.8) is 0 Å². The average molecular weight is 303 g/mol. The molecule has 3 nitrogen and oxygen atoms in total. The normalized spacial score (nSPS) is 13.1. The first-order valence-corrected chi connectivity index (χ1v) is 7.39. The van der Waals surface area contributed by atoms with Gasteiger partial charge in [0.05, 0.1) is 5.56 Å². The predicted molar refractivity (Wildman–Crippen MR) is 80.7 cm³/mol. The highest BCUT2D eigenvalue weighted by molar-refractivity contribution is 5.51. The molecule has 1 aromatic rings. The first-order valence-electron chi connectivity index (χ1n) is 7.39. The third-order valence-electron chi connectivity index (χ3n) is 3.43. The lowest BCUT2D eigenvalue weighted by Gasteiger charge is -2.26. The summed E-state index contributed by atoms with van der Waals surface area (Å²) in [6.07, 6.45) is -3.38. The molecule has 0 radical (unpaired) electrons. The second-order valence-electron chi connectivity index (χ2n) is 5.18. The molecule has 0 spiro atoms. The van der Waals surface area contributed by atoms with Crippen LogP contribution in [0.1, 0.15) is 39.7 Å². The van der Waals surface area contributed by atoms with Crippen LogP contribution in [0, 0.1) is 5.92 Å². The summed E-state index contributed by atoms with van der Waals surface area (Å²) in [5, 5.41) is 2.87. The number of hydrogen-bond acceptors (Lipinski definition) is 3. The molecule has 0 bridgehead atoms. The number of alkyl halides is 3. The van der Waals surface area contributed by atoms with Gasteiger partial charge in [0.15, 0.2) is 0 Å². The standard InChI is InChI=1S/C15H24F3N3/c1-5-11(4)10-21(7-3)14-9-12(15(16,17)18)8-13(20-14)19-6-2/h8-9,11H,5-7,10H2,1-4H3,(H,19,20). The summed E-state index contributed by atoms with van der Waals surface area (Å²) >= 11 is 0. The third-order valence-corrected chi connectivity index (χ3v) is 3.43. The number of rotatable bonds is 7. The van der Waals surface area contributed by atoms with Crippen molar-refractivity contribution in [1.82, 2.24) is 4.98 Å². The molecule has 1 heterocycles. The fraction of sp³-hybridized carbons (Fsp3) is 0.667. The Balaban J connectivity index is 3.16. The van der Waals surface area contributed by atoms with E-state index >= 15 is 0 Å². The van der Waals surface area contributed by atoms with Crippen molar-refractivity contribution in [3.8, 4) is 0 Å². The van der Waals surface area contributed by atoms with E-state index in [1.807, 2.05) is 18.7 Å². The molecule has 1 rings (SSSR count). The van der Waals surface area contributed by atoms with Crippen molar-refractivity contribution in [2.45, 2.75) is 40.3 Å². The highest BCUT2D eigenvalue weighted by Crippen LogP contribution is 2.33. The molecule has 0 fully saturated rings. The number of halogens is 3. The number of aromatic nitrogens is 1. The van der Waals surface area contributed by atoms with Gasteiger partial charge >= 0.3 is 6.18 Å². The van der Waals surface area contributed by atoms with Crippen LogP contribution >= 0.6 is 0 Å². The second-order valence-corrected chi connectivity index (χ2v) is 5.18. The molecular formula is C15H24F3N3. The van der Waals surface area contributed by atoms with Crippen LogP contribution in [0.2, 0.25) is 0 Å². The van der Waals surface area contributed by atoms with Crippen molar-refractivity contribution in [1.29, 1.82) is 0 Å². The maximum absolute atomic E-state index is 13.0. The SMILES string of the molecule is CCNc1cc(C(F)(F)F)cc(N(CC)CC(C)CC)n1. The lowest BCUT2D eigenvalue weighted by Crippen LogP contribution is -2.29. The first-order chi connectivity index (χ1) is 9.81. The van der Waals surface area contributed by atoms with E-state index < -0.39 is 11.7 Å². The van der Waals surface area contributed by atoms with Gasteiger partial charge < -0.3 is 10.2 Å². The van der Waals surface area contributed by atoms with Crippen LogP contribution in [0.25, 0.3) is 0 Å². The molecule has 1 unspecified atom stereocenters. The predicted octanol–water partition coefficient (Wildman–Crippen LogP) is 4.40. The quantitative estimate of drug-likeness (QED) is 0.809. The van der Waals surface area contributed by atoms with Gasteiger partial charge in [-0.2, -0.15) is 13.2 Å². The van der Waals surface area contributed by atoms with E-state index in [1.54, 1.807) is 0 Å². The molecule has 0 amide bonds. The minimum Gasteiger partial charge on any atom is -0.370 e. The highest BCUT2D eigenvalue weighted by atomic mass is 19.4. The van der Waals surface area contributed by atoms with Gasteiger partial charge in [0.2, 0.25) is 0 Å². The van der Waals surface area contributed by atoms with Gasteiger partial charge in [-0.3, -0.25) is 0 Å². The van der Waals surface area contributed by atoms with Crippen LogP contribution in [0.4, 0.5) is 24.8 Å². The van der Waals surface area contributed by atoms with Gasteiger partial charge in [0.1, 0.15) is 11.6 Å². The summed E-state index contributed by atoms with van der Waals surface area (Å²) in [6.45, 7) is 9.78. The zero-order valence-corrected chi connectivity index (χ0v) is 13.1. The minimum absolute atomic E-state index is 0.268. The van der Waals surface area contributed by atoms with E-state index in [0.29, 0.717) is 31.4 Å². The largest absolute Gasteiger partial charge is 0.416 e. The lowest BCUT2D eigenvalue weighted by atomic mass is 10.1. The zero-order chi connectivity index (χ0) is 16.0. The Labute approximate surface area is 124 Å². The summed E-state index contributed by atoms with van der Waals surface area (Å²) in [7, 11) is 0. The van der Waals surface area contributed by atoms with Gasteiger partial charge in [-0.05, 0) is 31.9 Å². The number of nitrogens with one attached hydrogen (secondary N) is 1. The molecular weight excluding hydrogens is 279 g/mol. The van der Waals surface area contributed by atoms with Crippen molar-refractivity contribution < 1.29 is 13.2 Å². The summed E-state index contributed by atoms with van der Waals surface area (Å²) in [4.78, 5) is 6.20. The van der Waals surface area contributed by atoms with E-state index in [-0.39, 0.29) is 5.82 Å².